The van der Waals surface area contributed by atoms with Crippen molar-refractivity contribution in [2.24, 2.45) is 0 Å². The summed E-state index contributed by atoms with van der Waals surface area (Å²) < 4.78 is 5.04. The zero-order valence-corrected chi connectivity index (χ0v) is 13.0. The normalized spacial score (nSPS) is 10.9. The van der Waals surface area contributed by atoms with E-state index in [1.807, 2.05) is 49.9 Å². The number of nitrogens with zero attached hydrogens (tertiary/aromatic N) is 3. The highest BCUT2D eigenvalue weighted by Crippen LogP contribution is 2.21. The van der Waals surface area contributed by atoms with Crippen molar-refractivity contribution in [2.75, 3.05) is 18.1 Å². The average molecular weight is 287 g/mol. The Labute approximate surface area is 125 Å². The van der Waals surface area contributed by atoms with Crippen LogP contribution in [-0.4, -0.2) is 35.1 Å². The summed E-state index contributed by atoms with van der Waals surface area (Å²) >= 11 is 0. The summed E-state index contributed by atoms with van der Waals surface area (Å²) in [4.78, 5) is 23.0. The maximum absolute atomic E-state index is 11.8. The summed E-state index contributed by atoms with van der Waals surface area (Å²) in [7, 11) is 0. The number of hydrogen-bond acceptors (Lipinski definition) is 5. The third-order valence-corrected chi connectivity index (χ3v) is 3.22. The smallest absolute Gasteiger partial charge is 0.325 e. The summed E-state index contributed by atoms with van der Waals surface area (Å²) in [5.74, 6) is 0.484. The summed E-state index contributed by atoms with van der Waals surface area (Å²) in [6.07, 6.45) is 0. The Morgan fingerprint density at radius 1 is 1.24 bits per heavy atom. The molecule has 0 saturated heterocycles. The van der Waals surface area contributed by atoms with Gasteiger partial charge in [-0.1, -0.05) is 12.1 Å². The zero-order chi connectivity index (χ0) is 15.4. The Balaban J connectivity index is 2.39. The number of carbonyl (C=O) groups excluding carboxylic acids is 1. The van der Waals surface area contributed by atoms with Crippen molar-refractivity contribution in [1.82, 2.24) is 9.97 Å². The number of para-hydroxylation sites is 2. The predicted molar refractivity (Wildman–Crippen MR) is 83.4 cm³/mol. The molecule has 112 valence electrons. The minimum absolute atomic E-state index is 0.128. The minimum atomic E-state index is -0.249. The number of ether oxygens (including phenoxy) is 1. The van der Waals surface area contributed by atoms with Gasteiger partial charge in [0.25, 0.3) is 0 Å². The van der Waals surface area contributed by atoms with E-state index in [9.17, 15) is 4.79 Å². The number of esters is 1. The van der Waals surface area contributed by atoms with Crippen LogP contribution in [0.4, 0.5) is 5.82 Å². The molecule has 5 heteroatoms. The first-order chi connectivity index (χ1) is 10.0. The van der Waals surface area contributed by atoms with Gasteiger partial charge in [-0.25, -0.2) is 9.97 Å². The molecule has 0 N–H and O–H groups in total. The summed E-state index contributed by atoms with van der Waals surface area (Å²) in [6.45, 7) is 8.32. The highest BCUT2D eigenvalue weighted by atomic mass is 16.5. The van der Waals surface area contributed by atoms with E-state index in [1.54, 1.807) is 6.92 Å². The fourth-order valence-electron chi connectivity index (χ4n) is 2.20. The molecule has 0 atom stereocenters. The van der Waals surface area contributed by atoms with E-state index in [2.05, 4.69) is 9.97 Å². The van der Waals surface area contributed by atoms with Gasteiger partial charge in [0.15, 0.2) is 5.82 Å². The van der Waals surface area contributed by atoms with Gasteiger partial charge in [0.2, 0.25) is 0 Å². The first-order valence-electron chi connectivity index (χ1n) is 7.18. The van der Waals surface area contributed by atoms with E-state index in [-0.39, 0.29) is 18.6 Å². The monoisotopic (exact) mass is 287 g/mol. The van der Waals surface area contributed by atoms with Crippen LogP contribution in [0.2, 0.25) is 0 Å². The van der Waals surface area contributed by atoms with Crippen molar-refractivity contribution in [2.45, 2.75) is 33.7 Å². The van der Waals surface area contributed by atoms with Crippen LogP contribution >= 0.6 is 0 Å². The molecule has 0 radical (unpaired) electrons. The lowest BCUT2D eigenvalue weighted by molar-refractivity contribution is -0.141. The van der Waals surface area contributed by atoms with Crippen LogP contribution in [0.25, 0.3) is 11.0 Å². The van der Waals surface area contributed by atoms with Crippen molar-refractivity contribution in [1.29, 1.82) is 0 Å². The number of aromatic nitrogens is 2. The molecule has 1 aromatic carbocycles. The van der Waals surface area contributed by atoms with Crippen molar-refractivity contribution < 1.29 is 9.53 Å². The largest absolute Gasteiger partial charge is 0.465 e. The summed E-state index contributed by atoms with van der Waals surface area (Å²) in [5, 5.41) is 0. The lowest BCUT2D eigenvalue weighted by Gasteiger charge is -2.27. The number of anilines is 1. The molecule has 21 heavy (non-hydrogen) atoms. The standard InChI is InChI=1S/C16H21N3O2/c1-5-21-15(20)10-19(11(2)3)16-12(4)17-13-8-6-7-9-14(13)18-16/h6-9,11H,5,10H2,1-4H3. The molecule has 0 aliphatic heterocycles. The van der Waals surface area contributed by atoms with Crippen LogP contribution in [-0.2, 0) is 9.53 Å². The Hall–Kier alpha value is -2.17. The fourth-order valence-corrected chi connectivity index (χ4v) is 2.20. The van der Waals surface area contributed by atoms with E-state index >= 15 is 0 Å². The second-order valence-corrected chi connectivity index (χ2v) is 5.15. The third kappa shape index (κ3) is 3.48. The van der Waals surface area contributed by atoms with Crippen LogP contribution in [0.15, 0.2) is 24.3 Å². The van der Waals surface area contributed by atoms with Gasteiger partial charge in [0.05, 0.1) is 23.3 Å². The summed E-state index contributed by atoms with van der Waals surface area (Å²) in [6, 6.07) is 7.86. The lowest BCUT2D eigenvalue weighted by atomic mass is 10.2. The van der Waals surface area contributed by atoms with E-state index in [1.165, 1.54) is 0 Å². The van der Waals surface area contributed by atoms with E-state index < -0.39 is 0 Å². The quantitative estimate of drug-likeness (QED) is 0.791. The SMILES string of the molecule is CCOC(=O)CN(c1nc2ccccc2nc1C)C(C)C. The van der Waals surface area contributed by atoms with Gasteiger partial charge in [-0.3, -0.25) is 4.79 Å². The van der Waals surface area contributed by atoms with Gasteiger partial charge in [-0.15, -0.1) is 0 Å². The van der Waals surface area contributed by atoms with E-state index in [0.717, 1.165) is 22.5 Å². The minimum Gasteiger partial charge on any atom is -0.465 e. The number of fused-ring (bicyclic) bond motifs is 1. The molecule has 2 aromatic rings. The molecule has 0 amide bonds. The Morgan fingerprint density at radius 2 is 1.86 bits per heavy atom. The molecule has 2 rings (SSSR count). The van der Waals surface area contributed by atoms with Crippen molar-refractivity contribution >= 4 is 22.8 Å². The molecule has 0 aliphatic carbocycles. The van der Waals surface area contributed by atoms with Gasteiger partial charge in [-0.2, -0.15) is 0 Å². The Morgan fingerprint density at radius 3 is 2.43 bits per heavy atom. The van der Waals surface area contributed by atoms with Crippen LogP contribution in [0, 0.1) is 6.92 Å². The summed E-state index contributed by atoms with van der Waals surface area (Å²) in [5.41, 5.74) is 2.50. The zero-order valence-electron chi connectivity index (χ0n) is 13.0. The topological polar surface area (TPSA) is 55.3 Å². The average Bonchev–Trinajstić information content (AvgIpc) is 2.44. The first kappa shape index (κ1) is 15.2. The molecule has 0 bridgehead atoms. The van der Waals surface area contributed by atoms with Gasteiger partial charge in [0, 0.05) is 6.04 Å². The predicted octanol–water partition coefficient (Wildman–Crippen LogP) is 2.72. The lowest BCUT2D eigenvalue weighted by Crippen LogP contribution is -2.37. The Kier molecular flexibility index (Phi) is 4.73. The van der Waals surface area contributed by atoms with Crippen LogP contribution in [0.5, 0.6) is 0 Å². The Bertz CT molecular complexity index is 640. The highest BCUT2D eigenvalue weighted by molar-refractivity contribution is 5.79. The maximum Gasteiger partial charge on any atom is 0.325 e. The van der Waals surface area contributed by atoms with Crippen molar-refractivity contribution in [3.63, 3.8) is 0 Å². The highest BCUT2D eigenvalue weighted by Gasteiger charge is 2.19. The molecule has 0 saturated carbocycles. The van der Waals surface area contributed by atoms with Gasteiger partial charge < -0.3 is 9.64 Å². The van der Waals surface area contributed by atoms with Crippen LogP contribution in [0.3, 0.4) is 0 Å². The van der Waals surface area contributed by atoms with Gasteiger partial charge in [-0.05, 0) is 39.8 Å². The maximum atomic E-state index is 11.8. The van der Waals surface area contributed by atoms with Gasteiger partial charge in [0.1, 0.15) is 6.54 Å². The van der Waals surface area contributed by atoms with Crippen LogP contribution < -0.4 is 4.90 Å². The molecular formula is C16H21N3O2. The molecule has 0 unspecified atom stereocenters. The molecule has 0 spiro atoms. The number of benzene rings is 1. The second kappa shape index (κ2) is 6.52. The molecular weight excluding hydrogens is 266 g/mol. The number of aryl methyl sites for hydroxylation is 1. The van der Waals surface area contributed by atoms with E-state index in [0.29, 0.717) is 6.61 Å². The fraction of sp³-hybridized carbons (Fsp3) is 0.438. The second-order valence-electron chi connectivity index (χ2n) is 5.15. The molecule has 5 nitrogen and oxygen atoms in total. The molecule has 1 aromatic heterocycles. The van der Waals surface area contributed by atoms with Crippen molar-refractivity contribution in [3.05, 3.63) is 30.0 Å². The van der Waals surface area contributed by atoms with Crippen LogP contribution in [0.1, 0.15) is 26.5 Å². The third-order valence-electron chi connectivity index (χ3n) is 3.22. The molecule has 0 aliphatic rings. The van der Waals surface area contributed by atoms with Crippen molar-refractivity contribution in [3.8, 4) is 0 Å². The molecule has 0 fully saturated rings. The van der Waals surface area contributed by atoms with E-state index in [4.69, 9.17) is 4.74 Å². The first-order valence-corrected chi connectivity index (χ1v) is 7.18. The number of rotatable bonds is 5. The number of carbonyl (C=O) groups is 1. The number of hydrogen-bond donors (Lipinski definition) is 0. The molecule has 1 heterocycles. The van der Waals surface area contributed by atoms with Gasteiger partial charge >= 0.3 is 5.97 Å².